The number of likely N-dealkylation sites (tertiary alicyclic amines) is 1. The smallest absolute Gasteiger partial charge is 0.119 e. The summed E-state index contributed by atoms with van der Waals surface area (Å²) in [7, 11) is 0. The Morgan fingerprint density at radius 3 is 2.54 bits per heavy atom. The Bertz CT molecular complexity index is 665. The van der Waals surface area contributed by atoms with Gasteiger partial charge in [-0.3, -0.25) is 0 Å². The fourth-order valence-electron chi connectivity index (χ4n) is 3.08. The molecule has 3 heteroatoms. The molecule has 2 aliphatic rings. The largest absolute Gasteiger partial charge is 0.493 e. The molecule has 1 atom stereocenters. The first-order valence-corrected chi connectivity index (χ1v) is 10.2. The summed E-state index contributed by atoms with van der Waals surface area (Å²) in [6.07, 6.45) is 6.79. The second-order valence-electron chi connectivity index (χ2n) is 7.52. The van der Waals surface area contributed by atoms with E-state index in [9.17, 15) is 0 Å². The normalized spacial score (nSPS) is 18.9. The number of hydrogen-bond donors (Lipinski definition) is 0. The molecule has 4 rings (SSSR count). The van der Waals surface area contributed by atoms with Gasteiger partial charge in [0, 0.05) is 24.0 Å². The lowest BCUT2D eigenvalue weighted by Crippen LogP contribution is -2.24. The van der Waals surface area contributed by atoms with Crippen LogP contribution in [0.5, 0.6) is 5.75 Å². The summed E-state index contributed by atoms with van der Waals surface area (Å²) >= 11 is 6.04. The number of ether oxygens (including phenoxy) is 1. The Kier molecular flexibility index (Phi) is 7.40. The van der Waals surface area contributed by atoms with Crippen LogP contribution >= 0.6 is 11.6 Å². The standard InChI is InChI=1S/C20H24ClNO.C3H6/c1-16-5-7-20(8-6-16)23-15-18-10-12-22(14-18)11-9-17-3-2-4-19(21)13-17;1-2-3-1/h2-8,13,18H,9-12,14-15H2,1H3;1-3H2. The maximum Gasteiger partial charge on any atom is 0.119 e. The van der Waals surface area contributed by atoms with Crippen LogP contribution in [-0.2, 0) is 6.42 Å². The molecule has 1 saturated heterocycles. The van der Waals surface area contributed by atoms with Crippen LogP contribution in [0.4, 0.5) is 0 Å². The van der Waals surface area contributed by atoms with Crippen molar-refractivity contribution in [1.29, 1.82) is 0 Å². The van der Waals surface area contributed by atoms with Gasteiger partial charge in [0.15, 0.2) is 0 Å². The maximum absolute atomic E-state index is 6.04. The Hall–Kier alpha value is -1.51. The lowest BCUT2D eigenvalue weighted by molar-refractivity contribution is 0.241. The quantitative estimate of drug-likeness (QED) is 0.639. The topological polar surface area (TPSA) is 12.5 Å². The van der Waals surface area contributed by atoms with Gasteiger partial charge in [-0.05, 0) is 56.1 Å². The van der Waals surface area contributed by atoms with Gasteiger partial charge in [-0.25, -0.2) is 0 Å². The molecule has 1 heterocycles. The van der Waals surface area contributed by atoms with E-state index in [2.05, 4.69) is 48.2 Å². The molecule has 26 heavy (non-hydrogen) atoms. The van der Waals surface area contributed by atoms with Crippen molar-refractivity contribution in [1.82, 2.24) is 4.90 Å². The van der Waals surface area contributed by atoms with Crippen LogP contribution in [0.1, 0.15) is 36.8 Å². The van der Waals surface area contributed by atoms with Gasteiger partial charge < -0.3 is 9.64 Å². The molecular formula is C23H30ClNO. The predicted octanol–water partition coefficient (Wildman–Crippen LogP) is 5.76. The highest BCUT2D eigenvalue weighted by Crippen LogP contribution is 2.20. The van der Waals surface area contributed by atoms with Crippen LogP contribution in [0.3, 0.4) is 0 Å². The number of rotatable bonds is 6. The van der Waals surface area contributed by atoms with Crippen molar-refractivity contribution in [2.24, 2.45) is 5.92 Å². The van der Waals surface area contributed by atoms with Crippen LogP contribution in [0, 0.1) is 12.8 Å². The minimum atomic E-state index is 0.635. The summed E-state index contributed by atoms with van der Waals surface area (Å²) in [6, 6.07) is 16.5. The molecule has 2 fully saturated rings. The number of benzene rings is 2. The van der Waals surface area contributed by atoms with Gasteiger partial charge in [-0.1, -0.05) is 60.7 Å². The van der Waals surface area contributed by atoms with Crippen molar-refractivity contribution < 1.29 is 4.74 Å². The Morgan fingerprint density at radius 2 is 1.85 bits per heavy atom. The highest BCUT2D eigenvalue weighted by molar-refractivity contribution is 6.30. The van der Waals surface area contributed by atoms with Crippen molar-refractivity contribution in [3.63, 3.8) is 0 Å². The molecule has 2 aromatic rings. The molecule has 1 aliphatic carbocycles. The highest BCUT2D eigenvalue weighted by Gasteiger charge is 2.22. The molecule has 0 spiro atoms. The maximum atomic E-state index is 6.04. The summed E-state index contributed by atoms with van der Waals surface area (Å²) in [6.45, 7) is 6.31. The Labute approximate surface area is 163 Å². The number of aryl methyl sites for hydroxylation is 1. The van der Waals surface area contributed by atoms with Gasteiger partial charge in [0.1, 0.15) is 5.75 Å². The molecule has 0 N–H and O–H groups in total. The first-order chi connectivity index (χ1) is 12.7. The van der Waals surface area contributed by atoms with Crippen molar-refractivity contribution in [2.75, 3.05) is 26.2 Å². The molecular weight excluding hydrogens is 342 g/mol. The molecule has 1 unspecified atom stereocenters. The van der Waals surface area contributed by atoms with E-state index in [4.69, 9.17) is 16.3 Å². The fourth-order valence-corrected chi connectivity index (χ4v) is 3.29. The molecule has 0 amide bonds. The van der Waals surface area contributed by atoms with Crippen molar-refractivity contribution in [3.8, 4) is 5.75 Å². The van der Waals surface area contributed by atoms with E-state index in [-0.39, 0.29) is 0 Å². The zero-order chi connectivity index (χ0) is 18.2. The second-order valence-corrected chi connectivity index (χ2v) is 7.96. The van der Waals surface area contributed by atoms with E-state index in [1.807, 2.05) is 12.1 Å². The van der Waals surface area contributed by atoms with E-state index in [0.29, 0.717) is 5.92 Å². The van der Waals surface area contributed by atoms with E-state index in [0.717, 1.165) is 36.9 Å². The predicted molar refractivity (Wildman–Crippen MR) is 110 cm³/mol. The third kappa shape index (κ3) is 7.01. The van der Waals surface area contributed by atoms with Gasteiger partial charge in [0.2, 0.25) is 0 Å². The van der Waals surface area contributed by atoms with Gasteiger partial charge in [-0.2, -0.15) is 0 Å². The van der Waals surface area contributed by atoms with E-state index in [1.165, 1.54) is 43.4 Å². The zero-order valence-corrected chi connectivity index (χ0v) is 16.5. The van der Waals surface area contributed by atoms with Crippen molar-refractivity contribution >= 4 is 11.6 Å². The first kappa shape index (κ1) is 19.3. The minimum absolute atomic E-state index is 0.635. The van der Waals surface area contributed by atoms with Gasteiger partial charge in [-0.15, -0.1) is 0 Å². The monoisotopic (exact) mass is 371 g/mol. The molecule has 1 saturated carbocycles. The molecule has 2 aromatic carbocycles. The van der Waals surface area contributed by atoms with Crippen molar-refractivity contribution in [2.45, 2.75) is 39.0 Å². The van der Waals surface area contributed by atoms with E-state index >= 15 is 0 Å². The van der Waals surface area contributed by atoms with Gasteiger partial charge >= 0.3 is 0 Å². The minimum Gasteiger partial charge on any atom is -0.493 e. The number of halogens is 1. The molecule has 0 radical (unpaired) electrons. The molecule has 0 bridgehead atoms. The number of hydrogen-bond acceptors (Lipinski definition) is 2. The lowest BCUT2D eigenvalue weighted by atomic mass is 10.1. The SMILES string of the molecule is C1CC1.Cc1ccc(OCC2CCN(CCc3cccc(Cl)c3)C2)cc1. The van der Waals surface area contributed by atoms with E-state index in [1.54, 1.807) is 0 Å². The summed E-state index contributed by atoms with van der Waals surface area (Å²) < 4.78 is 5.93. The van der Waals surface area contributed by atoms with Gasteiger partial charge in [0.25, 0.3) is 0 Å². The average molecular weight is 372 g/mol. The molecule has 140 valence electrons. The molecule has 1 aliphatic heterocycles. The summed E-state index contributed by atoms with van der Waals surface area (Å²) in [5, 5.41) is 0.827. The van der Waals surface area contributed by atoms with Crippen molar-refractivity contribution in [3.05, 3.63) is 64.7 Å². The van der Waals surface area contributed by atoms with Crippen LogP contribution in [0.15, 0.2) is 48.5 Å². The molecule has 2 nitrogen and oxygen atoms in total. The highest BCUT2D eigenvalue weighted by atomic mass is 35.5. The average Bonchev–Trinajstić information content (AvgIpc) is 3.46. The zero-order valence-electron chi connectivity index (χ0n) is 15.8. The van der Waals surface area contributed by atoms with Crippen LogP contribution in [-0.4, -0.2) is 31.1 Å². The third-order valence-electron chi connectivity index (χ3n) is 4.84. The summed E-state index contributed by atoms with van der Waals surface area (Å²) in [4.78, 5) is 2.53. The fraction of sp³-hybridized carbons (Fsp3) is 0.478. The molecule has 0 aromatic heterocycles. The summed E-state index contributed by atoms with van der Waals surface area (Å²) in [5.74, 6) is 1.61. The first-order valence-electron chi connectivity index (χ1n) is 9.85. The number of nitrogens with zero attached hydrogens (tertiary/aromatic N) is 1. The van der Waals surface area contributed by atoms with Crippen LogP contribution in [0.25, 0.3) is 0 Å². The van der Waals surface area contributed by atoms with Gasteiger partial charge in [0.05, 0.1) is 6.61 Å². The van der Waals surface area contributed by atoms with E-state index < -0.39 is 0 Å². The second kappa shape index (κ2) is 9.99. The summed E-state index contributed by atoms with van der Waals surface area (Å²) in [5.41, 5.74) is 2.59. The lowest BCUT2D eigenvalue weighted by Gasteiger charge is -2.16. The van der Waals surface area contributed by atoms with Crippen LogP contribution < -0.4 is 4.74 Å². The third-order valence-corrected chi connectivity index (χ3v) is 5.07. The Morgan fingerprint density at radius 1 is 1.08 bits per heavy atom. The van der Waals surface area contributed by atoms with Crippen LogP contribution in [0.2, 0.25) is 5.02 Å². The Balaban J connectivity index is 0.000000592.